The summed E-state index contributed by atoms with van der Waals surface area (Å²) < 4.78 is 4.99. The molecular weight excluding hydrogens is 290 g/mol. The molecule has 2 N–H and O–H groups in total. The van der Waals surface area contributed by atoms with Gasteiger partial charge in [0.1, 0.15) is 6.04 Å². The van der Waals surface area contributed by atoms with Gasteiger partial charge in [-0.25, -0.2) is 4.79 Å². The smallest absolute Gasteiger partial charge is 0.408 e. The highest BCUT2D eigenvalue weighted by Gasteiger charge is 2.31. The predicted molar refractivity (Wildman–Crippen MR) is 93.1 cm³/mol. The maximum absolute atomic E-state index is 11.0. The van der Waals surface area contributed by atoms with Gasteiger partial charge in [-0.1, -0.05) is 83.0 Å². The fourth-order valence-electron chi connectivity index (χ4n) is 2.78. The number of hydrogen-bond donors (Lipinski definition) is 2. The zero-order chi connectivity index (χ0) is 16.8. The first kappa shape index (κ1) is 19.8. The molecule has 2 atom stereocenters. The minimum absolute atomic E-state index is 0.135. The molecule has 0 bridgehead atoms. The van der Waals surface area contributed by atoms with Crippen molar-refractivity contribution in [3.8, 4) is 11.8 Å². The van der Waals surface area contributed by atoms with Crippen molar-refractivity contribution in [1.82, 2.24) is 5.32 Å². The Morgan fingerprint density at radius 3 is 2.13 bits per heavy atom. The summed E-state index contributed by atoms with van der Waals surface area (Å²) in [5.41, 5.74) is 0. The van der Waals surface area contributed by atoms with E-state index in [0.717, 1.165) is 12.8 Å². The van der Waals surface area contributed by atoms with Crippen LogP contribution in [-0.4, -0.2) is 30.0 Å². The van der Waals surface area contributed by atoms with E-state index in [2.05, 4.69) is 24.1 Å². The highest BCUT2D eigenvalue weighted by Crippen LogP contribution is 2.12. The SMILES string of the molecule is CCCCCCCCCCCCCC#C[C@@H]1OC(=O)N[C@@H]1CO. The van der Waals surface area contributed by atoms with Crippen molar-refractivity contribution in [2.45, 2.75) is 96.1 Å². The number of hydrogen-bond acceptors (Lipinski definition) is 3. The first-order chi connectivity index (χ1) is 11.3. The van der Waals surface area contributed by atoms with E-state index in [0.29, 0.717) is 0 Å². The number of carbonyl (C=O) groups is 1. The van der Waals surface area contributed by atoms with E-state index in [1.165, 1.54) is 64.2 Å². The van der Waals surface area contributed by atoms with Crippen molar-refractivity contribution < 1.29 is 14.6 Å². The van der Waals surface area contributed by atoms with Crippen LogP contribution in [0.3, 0.4) is 0 Å². The molecule has 23 heavy (non-hydrogen) atoms. The first-order valence-corrected chi connectivity index (χ1v) is 9.34. The second-order valence-electron chi connectivity index (χ2n) is 6.37. The van der Waals surface area contributed by atoms with Crippen LogP contribution in [0.25, 0.3) is 0 Å². The van der Waals surface area contributed by atoms with Crippen LogP contribution in [-0.2, 0) is 4.74 Å². The van der Waals surface area contributed by atoms with E-state index in [1.54, 1.807) is 0 Å². The summed E-state index contributed by atoms with van der Waals surface area (Å²) in [5.74, 6) is 6.00. The van der Waals surface area contributed by atoms with Crippen LogP contribution in [0.4, 0.5) is 4.79 Å². The molecule has 0 spiro atoms. The molecule has 0 radical (unpaired) electrons. The molecule has 0 aliphatic carbocycles. The second kappa shape index (κ2) is 13.2. The van der Waals surface area contributed by atoms with Crippen LogP contribution in [0.1, 0.15) is 84.0 Å². The Labute approximate surface area is 141 Å². The summed E-state index contributed by atoms with van der Waals surface area (Å²) in [6, 6.07) is -0.382. The monoisotopic (exact) mass is 323 g/mol. The second-order valence-corrected chi connectivity index (χ2v) is 6.37. The summed E-state index contributed by atoms with van der Waals surface area (Å²) in [4.78, 5) is 11.0. The van der Waals surface area contributed by atoms with Crippen LogP contribution in [0.5, 0.6) is 0 Å². The standard InChI is InChI=1S/C19H33NO3/c1-2-3-4-5-6-7-8-9-10-11-12-13-14-15-18-17(16-21)20-19(22)23-18/h17-18,21H,2-13,16H2,1H3,(H,20,22)/t17-,18+/m1/s1. The Morgan fingerprint density at radius 2 is 1.57 bits per heavy atom. The summed E-state index contributed by atoms with van der Waals surface area (Å²) in [6.07, 6.45) is 14.4. The molecule has 1 rings (SSSR count). The van der Waals surface area contributed by atoms with Crippen LogP contribution in [0.15, 0.2) is 0 Å². The number of aliphatic hydroxyl groups excluding tert-OH is 1. The third-order valence-corrected chi connectivity index (χ3v) is 4.25. The molecule has 1 saturated heterocycles. The third-order valence-electron chi connectivity index (χ3n) is 4.25. The predicted octanol–water partition coefficient (Wildman–Crippen LogP) is 4.16. The molecule has 1 fully saturated rings. The van der Waals surface area contributed by atoms with E-state index in [-0.39, 0.29) is 12.6 Å². The quantitative estimate of drug-likeness (QED) is 0.419. The highest BCUT2D eigenvalue weighted by atomic mass is 16.6. The van der Waals surface area contributed by atoms with Crippen LogP contribution >= 0.6 is 0 Å². The molecule has 1 aliphatic heterocycles. The molecule has 0 aromatic rings. The van der Waals surface area contributed by atoms with Gasteiger partial charge in [0.25, 0.3) is 0 Å². The van der Waals surface area contributed by atoms with Crippen molar-refractivity contribution in [2.75, 3.05) is 6.61 Å². The van der Waals surface area contributed by atoms with E-state index >= 15 is 0 Å². The van der Waals surface area contributed by atoms with Crippen LogP contribution < -0.4 is 5.32 Å². The van der Waals surface area contributed by atoms with Gasteiger partial charge in [0.05, 0.1) is 6.61 Å². The average Bonchev–Trinajstić information content (AvgIpc) is 2.91. The Balaban J connectivity index is 1.90. The summed E-state index contributed by atoms with van der Waals surface area (Å²) in [6.45, 7) is 2.12. The molecule has 0 unspecified atom stereocenters. The Bertz CT molecular complexity index is 373. The number of rotatable bonds is 12. The summed E-state index contributed by atoms with van der Waals surface area (Å²) in [7, 11) is 0. The van der Waals surface area contributed by atoms with E-state index in [1.807, 2.05) is 0 Å². The van der Waals surface area contributed by atoms with E-state index in [4.69, 9.17) is 9.84 Å². The Kier molecular flexibility index (Phi) is 11.4. The average molecular weight is 323 g/mol. The minimum atomic E-state index is -0.500. The van der Waals surface area contributed by atoms with Crippen molar-refractivity contribution in [1.29, 1.82) is 0 Å². The molecule has 0 aromatic carbocycles. The van der Waals surface area contributed by atoms with Crippen molar-refractivity contribution in [3.63, 3.8) is 0 Å². The zero-order valence-electron chi connectivity index (χ0n) is 14.6. The van der Waals surface area contributed by atoms with Gasteiger partial charge >= 0.3 is 6.09 Å². The minimum Gasteiger partial charge on any atom is -0.431 e. The number of ether oxygens (including phenoxy) is 1. The van der Waals surface area contributed by atoms with Gasteiger partial charge in [0.2, 0.25) is 0 Å². The molecule has 1 amide bonds. The molecule has 4 nitrogen and oxygen atoms in total. The molecule has 0 aromatic heterocycles. The molecule has 1 heterocycles. The Morgan fingerprint density at radius 1 is 1.00 bits per heavy atom. The first-order valence-electron chi connectivity index (χ1n) is 9.34. The lowest BCUT2D eigenvalue weighted by Gasteiger charge is -2.06. The van der Waals surface area contributed by atoms with Gasteiger partial charge in [0, 0.05) is 6.42 Å². The van der Waals surface area contributed by atoms with E-state index < -0.39 is 12.2 Å². The number of amides is 1. The number of carbonyl (C=O) groups excluding carboxylic acids is 1. The molecule has 0 saturated carbocycles. The maximum Gasteiger partial charge on any atom is 0.408 e. The zero-order valence-corrected chi connectivity index (χ0v) is 14.6. The Hall–Kier alpha value is -1.21. The third kappa shape index (κ3) is 9.50. The number of aliphatic hydroxyl groups is 1. The highest BCUT2D eigenvalue weighted by molar-refractivity contribution is 5.71. The fourth-order valence-corrected chi connectivity index (χ4v) is 2.78. The topological polar surface area (TPSA) is 58.6 Å². The lowest BCUT2D eigenvalue weighted by molar-refractivity contribution is 0.148. The summed E-state index contributed by atoms with van der Waals surface area (Å²) in [5, 5.41) is 11.6. The lowest BCUT2D eigenvalue weighted by atomic mass is 10.1. The molecule has 1 aliphatic rings. The van der Waals surface area contributed by atoms with Gasteiger partial charge in [-0.15, -0.1) is 0 Å². The van der Waals surface area contributed by atoms with Gasteiger partial charge in [-0.3, -0.25) is 0 Å². The largest absolute Gasteiger partial charge is 0.431 e. The van der Waals surface area contributed by atoms with Crippen LogP contribution in [0.2, 0.25) is 0 Å². The number of alkyl carbamates (subject to hydrolysis) is 1. The number of cyclic esters (lactones) is 1. The van der Waals surface area contributed by atoms with Crippen molar-refractivity contribution in [3.05, 3.63) is 0 Å². The van der Waals surface area contributed by atoms with Gasteiger partial charge in [-0.05, 0) is 6.42 Å². The molecular formula is C19H33NO3. The van der Waals surface area contributed by atoms with Gasteiger partial charge in [-0.2, -0.15) is 0 Å². The maximum atomic E-state index is 11.0. The van der Waals surface area contributed by atoms with Crippen LogP contribution in [0, 0.1) is 11.8 Å². The van der Waals surface area contributed by atoms with Crippen molar-refractivity contribution >= 4 is 6.09 Å². The lowest BCUT2D eigenvalue weighted by Crippen LogP contribution is -2.34. The summed E-state index contributed by atoms with van der Waals surface area (Å²) >= 11 is 0. The molecule has 132 valence electrons. The fraction of sp³-hybridized carbons (Fsp3) is 0.842. The van der Waals surface area contributed by atoms with Gasteiger partial charge in [0.15, 0.2) is 6.10 Å². The number of unbranched alkanes of at least 4 members (excludes halogenated alkanes) is 11. The van der Waals surface area contributed by atoms with Crippen molar-refractivity contribution in [2.24, 2.45) is 0 Å². The normalized spacial score (nSPS) is 19.8. The van der Waals surface area contributed by atoms with E-state index in [9.17, 15) is 4.79 Å². The number of nitrogens with one attached hydrogen (secondary N) is 1. The van der Waals surface area contributed by atoms with Gasteiger partial charge < -0.3 is 15.2 Å². The molecule has 4 heteroatoms.